The number of rotatable bonds is 2. The Morgan fingerprint density at radius 1 is 1.33 bits per heavy atom. The Morgan fingerprint density at radius 3 is 3.00 bits per heavy atom. The van der Waals surface area contributed by atoms with E-state index in [1.807, 2.05) is 0 Å². The molecule has 18 heavy (non-hydrogen) atoms. The molecule has 1 aromatic heterocycles. The van der Waals surface area contributed by atoms with Gasteiger partial charge in [-0.05, 0) is 43.7 Å². The fourth-order valence-corrected chi connectivity index (χ4v) is 3.65. The summed E-state index contributed by atoms with van der Waals surface area (Å²) >= 11 is 0. The van der Waals surface area contributed by atoms with Gasteiger partial charge in [-0.15, -0.1) is 0 Å². The van der Waals surface area contributed by atoms with Crippen molar-refractivity contribution in [2.45, 2.75) is 38.8 Å². The first kappa shape index (κ1) is 12.1. The lowest BCUT2D eigenvalue weighted by atomic mass is 9.78. The number of pyridine rings is 1. The molecule has 2 fully saturated rings. The van der Waals surface area contributed by atoms with Crippen molar-refractivity contribution >= 4 is 0 Å². The molecule has 3 atom stereocenters. The van der Waals surface area contributed by atoms with Crippen LogP contribution in [0.5, 0.6) is 0 Å². The topological polar surface area (TPSA) is 42.1 Å². The summed E-state index contributed by atoms with van der Waals surface area (Å²) in [4.78, 5) is 7.14. The molecule has 3 rings (SSSR count). The zero-order valence-electron chi connectivity index (χ0n) is 11.2. The molecule has 0 spiro atoms. The average molecular weight is 245 g/mol. The van der Waals surface area contributed by atoms with Crippen molar-refractivity contribution in [3.05, 3.63) is 29.6 Å². The number of hydrogen-bond donors (Lipinski definition) is 1. The third kappa shape index (κ3) is 2.43. The summed E-state index contributed by atoms with van der Waals surface area (Å²) in [5, 5.41) is 0. The molecule has 2 heterocycles. The van der Waals surface area contributed by atoms with Gasteiger partial charge >= 0.3 is 0 Å². The largest absolute Gasteiger partial charge is 0.327 e. The van der Waals surface area contributed by atoms with Gasteiger partial charge in [-0.1, -0.05) is 12.5 Å². The van der Waals surface area contributed by atoms with E-state index in [1.54, 1.807) is 0 Å². The number of aryl methyl sites for hydroxylation is 1. The van der Waals surface area contributed by atoms with E-state index in [1.165, 1.54) is 38.0 Å². The highest BCUT2D eigenvalue weighted by Gasteiger charge is 2.38. The maximum Gasteiger partial charge on any atom is 0.0547 e. The van der Waals surface area contributed by atoms with E-state index in [2.05, 4.69) is 35.0 Å². The van der Waals surface area contributed by atoms with Crippen LogP contribution < -0.4 is 5.73 Å². The molecule has 2 aliphatic rings. The zero-order valence-corrected chi connectivity index (χ0v) is 11.2. The van der Waals surface area contributed by atoms with Gasteiger partial charge in [0.25, 0.3) is 0 Å². The first-order valence-electron chi connectivity index (χ1n) is 7.13. The van der Waals surface area contributed by atoms with Crippen LogP contribution >= 0.6 is 0 Å². The summed E-state index contributed by atoms with van der Waals surface area (Å²) in [6.45, 7) is 5.43. The molecule has 1 saturated heterocycles. The highest BCUT2D eigenvalue weighted by atomic mass is 15.2. The predicted octanol–water partition coefficient (Wildman–Crippen LogP) is 1.95. The van der Waals surface area contributed by atoms with Gasteiger partial charge in [0.2, 0.25) is 0 Å². The van der Waals surface area contributed by atoms with E-state index in [9.17, 15) is 0 Å². The smallest absolute Gasteiger partial charge is 0.0547 e. The number of fused-ring (bicyclic) bond motifs is 1. The maximum atomic E-state index is 6.26. The van der Waals surface area contributed by atoms with Gasteiger partial charge in [-0.2, -0.15) is 0 Å². The molecular formula is C15H23N3. The van der Waals surface area contributed by atoms with Gasteiger partial charge in [-0.25, -0.2) is 0 Å². The number of nitrogens with zero attached hydrogens (tertiary/aromatic N) is 2. The minimum Gasteiger partial charge on any atom is -0.327 e. The van der Waals surface area contributed by atoms with E-state index in [-0.39, 0.29) is 0 Å². The van der Waals surface area contributed by atoms with E-state index >= 15 is 0 Å². The molecule has 0 aromatic carbocycles. The van der Waals surface area contributed by atoms with Crippen LogP contribution in [0.15, 0.2) is 18.2 Å². The van der Waals surface area contributed by atoms with Crippen molar-refractivity contribution in [2.75, 3.05) is 13.1 Å². The van der Waals surface area contributed by atoms with E-state index in [0.29, 0.717) is 6.04 Å². The van der Waals surface area contributed by atoms with Crippen molar-refractivity contribution in [1.29, 1.82) is 0 Å². The molecule has 0 bridgehead atoms. The van der Waals surface area contributed by atoms with Crippen LogP contribution in [0.25, 0.3) is 0 Å². The molecule has 3 heteroatoms. The standard InChI is InChI=1S/C15H23N3/c1-11-4-2-6-13(17-11)9-18-8-12-5-3-7-15(16)14(12)10-18/h2,4,6,12,14-15H,3,5,7-10,16H2,1H3. The molecule has 1 aliphatic carbocycles. The molecule has 0 radical (unpaired) electrons. The molecule has 3 unspecified atom stereocenters. The normalized spacial score (nSPS) is 32.4. The second-order valence-electron chi connectivity index (χ2n) is 5.98. The van der Waals surface area contributed by atoms with Crippen molar-refractivity contribution in [3.8, 4) is 0 Å². The van der Waals surface area contributed by atoms with Gasteiger partial charge in [0.1, 0.15) is 0 Å². The summed E-state index contributed by atoms with van der Waals surface area (Å²) < 4.78 is 0. The Labute approximate surface area is 109 Å². The molecule has 0 amide bonds. The summed E-state index contributed by atoms with van der Waals surface area (Å²) in [7, 11) is 0. The van der Waals surface area contributed by atoms with Crippen LogP contribution in [-0.2, 0) is 6.54 Å². The third-order valence-electron chi connectivity index (χ3n) is 4.56. The minimum atomic E-state index is 0.430. The zero-order chi connectivity index (χ0) is 12.5. The summed E-state index contributed by atoms with van der Waals surface area (Å²) in [5.74, 6) is 1.56. The first-order valence-corrected chi connectivity index (χ1v) is 7.13. The predicted molar refractivity (Wildman–Crippen MR) is 73.1 cm³/mol. The van der Waals surface area contributed by atoms with Crippen LogP contribution in [0.2, 0.25) is 0 Å². The van der Waals surface area contributed by atoms with Crippen LogP contribution in [0.3, 0.4) is 0 Å². The maximum absolute atomic E-state index is 6.26. The molecule has 1 aliphatic heterocycles. The fourth-order valence-electron chi connectivity index (χ4n) is 3.65. The van der Waals surface area contributed by atoms with E-state index in [4.69, 9.17) is 5.73 Å². The second kappa shape index (κ2) is 4.98. The second-order valence-corrected chi connectivity index (χ2v) is 5.98. The summed E-state index contributed by atoms with van der Waals surface area (Å²) in [6.07, 6.45) is 3.91. The lowest BCUT2D eigenvalue weighted by Gasteiger charge is -2.29. The monoisotopic (exact) mass is 245 g/mol. The Balaban J connectivity index is 1.65. The SMILES string of the molecule is Cc1cccc(CN2CC3CCCC(N)C3C2)n1. The summed E-state index contributed by atoms with van der Waals surface area (Å²) in [5.41, 5.74) is 8.57. The number of likely N-dealkylation sites (tertiary alicyclic amines) is 1. The molecule has 2 N–H and O–H groups in total. The summed E-state index contributed by atoms with van der Waals surface area (Å²) in [6, 6.07) is 6.73. The van der Waals surface area contributed by atoms with E-state index < -0.39 is 0 Å². The highest BCUT2D eigenvalue weighted by Crippen LogP contribution is 2.35. The Hall–Kier alpha value is -0.930. The number of nitrogens with two attached hydrogens (primary N) is 1. The van der Waals surface area contributed by atoms with Crippen LogP contribution in [0.1, 0.15) is 30.7 Å². The van der Waals surface area contributed by atoms with Gasteiger partial charge < -0.3 is 5.73 Å². The number of hydrogen-bond acceptors (Lipinski definition) is 3. The molecular weight excluding hydrogens is 222 g/mol. The van der Waals surface area contributed by atoms with Gasteiger partial charge in [0.05, 0.1) is 5.69 Å². The van der Waals surface area contributed by atoms with E-state index in [0.717, 1.165) is 24.1 Å². The van der Waals surface area contributed by atoms with Gasteiger partial charge in [0.15, 0.2) is 0 Å². The molecule has 1 aromatic rings. The van der Waals surface area contributed by atoms with Crippen LogP contribution in [-0.4, -0.2) is 29.0 Å². The van der Waals surface area contributed by atoms with Crippen molar-refractivity contribution in [1.82, 2.24) is 9.88 Å². The molecule has 98 valence electrons. The third-order valence-corrected chi connectivity index (χ3v) is 4.56. The fraction of sp³-hybridized carbons (Fsp3) is 0.667. The number of aromatic nitrogens is 1. The highest BCUT2D eigenvalue weighted by molar-refractivity contribution is 5.10. The molecule has 1 saturated carbocycles. The Morgan fingerprint density at radius 2 is 2.22 bits per heavy atom. The lowest BCUT2D eigenvalue weighted by Crippen LogP contribution is -2.38. The molecule has 3 nitrogen and oxygen atoms in total. The Bertz CT molecular complexity index is 418. The minimum absolute atomic E-state index is 0.430. The quantitative estimate of drug-likeness (QED) is 0.866. The van der Waals surface area contributed by atoms with Crippen molar-refractivity contribution in [2.24, 2.45) is 17.6 Å². The van der Waals surface area contributed by atoms with Crippen LogP contribution in [0.4, 0.5) is 0 Å². The van der Waals surface area contributed by atoms with Gasteiger partial charge in [-0.3, -0.25) is 9.88 Å². The van der Waals surface area contributed by atoms with Crippen LogP contribution in [0, 0.1) is 18.8 Å². The van der Waals surface area contributed by atoms with Gasteiger partial charge in [0, 0.05) is 31.4 Å². The van der Waals surface area contributed by atoms with Crippen molar-refractivity contribution < 1.29 is 0 Å². The van der Waals surface area contributed by atoms with Crippen molar-refractivity contribution in [3.63, 3.8) is 0 Å². The Kier molecular flexibility index (Phi) is 3.35. The lowest BCUT2D eigenvalue weighted by molar-refractivity contribution is 0.259. The first-order chi connectivity index (χ1) is 8.72. The average Bonchev–Trinajstić information content (AvgIpc) is 2.73.